The van der Waals surface area contributed by atoms with Gasteiger partial charge in [0, 0.05) is 30.3 Å². The van der Waals surface area contributed by atoms with Crippen molar-refractivity contribution in [3.63, 3.8) is 0 Å². The van der Waals surface area contributed by atoms with Gasteiger partial charge in [0.2, 0.25) is 0 Å². The van der Waals surface area contributed by atoms with Crippen molar-refractivity contribution in [2.75, 3.05) is 19.0 Å². The Bertz CT molecular complexity index is 404. The molecule has 0 aromatic heterocycles. The molecule has 1 aromatic carbocycles. The number of nitrogens with two attached hydrogens (primary N) is 1. The van der Waals surface area contributed by atoms with Gasteiger partial charge >= 0.3 is 0 Å². The maximum absolute atomic E-state index is 6.32. The molecule has 1 fully saturated rings. The molecule has 1 unspecified atom stereocenters. The zero-order valence-electron chi connectivity index (χ0n) is 12.9. The van der Waals surface area contributed by atoms with Crippen molar-refractivity contribution in [3.8, 4) is 0 Å². The van der Waals surface area contributed by atoms with Gasteiger partial charge in [-0.3, -0.25) is 0 Å². The first kappa shape index (κ1) is 15.9. The van der Waals surface area contributed by atoms with Crippen LogP contribution < -0.4 is 5.73 Å². The molecule has 0 amide bonds. The van der Waals surface area contributed by atoms with Crippen molar-refractivity contribution < 1.29 is 4.74 Å². The summed E-state index contributed by atoms with van der Waals surface area (Å²) in [6.07, 6.45) is 2.33. The number of thioether (sulfide) groups is 1. The van der Waals surface area contributed by atoms with E-state index in [1.54, 1.807) is 0 Å². The summed E-state index contributed by atoms with van der Waals surface area (Å²) in [7, 11) is 0. The predicted molar refractivity (Wildman–Crippen MR) is 88.4 cm³/mol. The third-order valence-corrected chi connectivity index (χ3v) is 5.38. The van der Waals surface area contributed by atoms with Crippen molar-refractivity contribution in [3.05, 3.63) is 35.4 Å². The van der Waals surface area contributed by atoms with E-state index in [-0.39, 0.29) is 11.5 Å². The lowest BCUT2D eigenvalue weighted by molar-refractivity contribution is 0.1000. The van der Waals surface area contributed by atoms with Crippen LogP contribution in [-0.2, 0) is 10.2 Å². The third kappa shape index (κ3) is 4.51. The van der Waals surface area contributed by atoms with Gasteiger partial charge in [0.1, 0.15) is 0 Å². The number of hydrogen-bond donors (Lipinski definition) is 1. The zero-order valence-corrected chi connectivity index (χ0v) is 13.7. The van der Waals surface area contributed by atoms with Crippen LogP contribution >= 0.6 is 11.8 Å². The van der Waals surface area contributed by atoms with Gasteiger partial charge in [-0.1, -0.05) is 45.0 Å². The molecule has 0 bridgehead atoms. The molecule has 2 N–H and O–H groups in total. The zero-order chi connectivity index (χ0) is 14.6. The summed E-state index contributed by atoms with van der Waals surface area (Å²) in [5, 5.41) is 0.726. The molecule has 0 aliphatic carbocycles. The Hall–Kier alpha value is -0.510. The Morgan fingerprint density at radius 2 is 1.80 bits per heavy atom. The van der Waals surface area contributed by atoms with Gasteiger partial charge in [-0.2, -0.15) is 11.8 Å². The molecule has 0 spiro atoms. The summed E-state index contributed by atoms with van der Waals surface area (Å²) in [5.74, 6) is 1.000. The second-order valence-corrected chi connectivity index (χ2v) is 7.96. The Balaban J connectivity index is 1.87. The minimum absolute atomic E-state index is 0.136. The Morgan fingerprint density at radius 3 is 2.35 bits per heavy atom. The van der Waals surface area contributed by atoms with Gasteiger partial charge in [-0.05, 0) is 29.4 Å². The lowest BCUT2D eigenvalue weighted by atomic mass is 9.86. The van der Waals surface area contributed by atoms with Crippen molar-refractivity contribution in [2.24, 2.45) is 5.73 Å². The lowest BCUT2D eigenvalue weighted by Gasteiger charge is -2.23. The summed E-state index contributed by atoms with van der Waals surface area (Å²) in [4.78, 5) is 0. The van der Waals surface area contributed by atoms with E-state index >= 15 is 0 Å². The monoisotopic (exact) mass is 293 g/mol. The normalized spacial score (nSPS) is 19.0. The van der Waals surface area contributed by atoms with Crippen LogP contribution in [0.3, 0.4) is 0 Å². The smallest absolute Gasteiger partial charge is 0.0476 e. The summed E-state index contributed by atoms with van der Waals surface area (Å²) in [6, 6.07) is 8.95. The Morgan fingerprint density at radius 1 is 1.20 bits per heavy atom. The summed E-state index contributed by atoms with van der Waals surface area (Å²) >= 11 is 2.01. The second-order valence-electron chi connectivity index (χ2n) is 6.62. The number of rotatable bonds is 4. The van der Waals surface area contributed by atoms with E-state index < -0.39 is 0 Å². The van der Waals surface area contributed by atoms with Crippen LogP contribution in [0.5, 0.6) is 0 Å². The highest BCUT2D eigenvalue weighted by atomic mass is 32.2. The fourth-order valence-corrected chi connectivity index (χ4v) is 3.61. The van der Waals surface area contributed by atoms with E-state index in [2.05, 4.69) is 45.0 Å². The van der Waals surface area contributed by atoms with Gasteiger partial charge in [0.05, 0.1) is 0 Å². The molecule has 112 valence electrons. The van der Waals surface area contributed by atoms with Crippen LogP contribution in [0.25, 0.3) is 0 Å². The third-order valence-electron chi connectivity index (χ3n) is 3.88. The average Bonchev–Trinajstić information content (AvgIpc) is 2.45. The molecule has 1 aromatic rings. The topological polar surface area (TPSA) is 35.2 Å². The van der Waals surface area contributed by atoms with Crippen LogP contribution in [0.4, 0.5) is 0 Å². The van der Waals surface area contributed by atoms with Gasteiger partial charge in [0.25, 0.3) is 0 Å². The van der Waals surface area contributed by atoms with E-state index in [9.17, 15) is 0 Å². The molecule has 1 heterocycles. The molecule has 1 atom stereocenters. The first-order chi connectivity index (χ1) is 9.47. The molecule has 3 heteroatoms. The highest BCUT2D eigenvalue weighted by Crippen LogP contribution is 2.27. The van der Waals surface area contributed by atoms with E-state index in [4.69, 9.17) is 10.5 Å². The molecule has 2 nitrogen and oxygen atoms in total. The Kier molecular flexibility index (Phi) is 5.53. The molecule has 2 rings (SSSR count). The summed E-state index contributed by atoms with van der Waals surface area (Å²) in [6.45, 7) is 8.54. The highest BCUT2D eigenvalue weighted by molar-refractivity contribution is 7.99. The average molecular weight is 293 g/mol. The summed E-state index contributed by atoms with van der Waals surface area (Å²) < 4.78 is 5.39. The van der Waals surface area contributed by atoms with Crippen LogP contribution in [-0.4, -0.2) is 24.2 Å². The summed E-state index contributed by atoms with van der Waals surface area (Å²) in [5.41, 5.74) is 9.14. The molecular weight excluding hydrogens is 266 g/mol. The van der Waals surface area contributed by atoms with Crippen molar-refractivity contribution in [1.82, 2.24) is 0 Å². The maximum atomic E-state index is 6.32. The minimum Gasteiger partial charge on any atom is -0.381 e. The highest BCUT2D eigenvalue weighted by Gasteiger charge is 2.17. The van der Waals surface area contributed by atoms with E-state index in [0.29, 0.717) is 0 Å². The molecule has 0 radical (unpaired) electrons. The van der Waals surface area contributed by atoms with Crippen molar-refractivity contribution >= 4 is 11.8 Å². The molecule has 1 saturated heterocycles. The van der Waals surface area contributed by atoms with E-state index in [1.165, 1.54) is 24.0 Å². The maximum Gasteiger partial charge on any atom is 0.0476 e. The SMILES string of the molecule is CC(C)(C)c1ccc(C(N)CSC2CCOCC2)cc1. The van der Waals surface area contributed by atoms with Gasteiger partial charge in [0.15, 0.2) is 0 Å². The second kappa shape index (κ2) is 6.97. The molecule has 1 aliphatic heterocycles. The molecule has 1 aliphatic rings. The van der Waals surface area contributed by atoms with Crippen molar-refractivity contribution in [1.29, 1.82) is 0 Å². The van der Waals surface area contributed by atoms with Crippen LogP contribution in [0, 0.1) is 0 Å². The van der Waals surface area contributed by atoms with Gasteiger partial charge < -0.3 is 10.5 Å². The first-order valence-corrected chi connectivity index (χ1v) is 8.57. The predicted octanol–water partition coefficient (Wildman–Crippen LogP) is 3.90. The van der Waals surface area contributed by atoms with Crippen LogP contribution in [0.2, 0.25) is 0 Å². The van der Waals surface area contributed by atoms with Crippen LogP contribution in [0.15, 0.2) is 24.3 Å². The largest absolute Gasteiger partial charge is 0.381 e. The first-order valence-electron chi connectivity index (χ1n) is 7.52. The quantitative estimate of drug-likeness (QED) is 0.914. The minimum atomic E-state index is 0.136. The number of ether oxygens (including phenoxy) is 1. The van der Waals surface area contributed by atoms with E-state index in [1.807, 2.05) is 11.8 Å². The number of hydrogen-bond acceptors (Lipinski definition) is 3. The lowest BCUT2D eigenvalue weighted by Crippen LogP contribution is -2.21. The van der Waals surface area contributed by atoms with Gasteiger partial charge in [-0.25, -0.2) is 0 Å². The number of benzene rings is 1. The molecule has 0 saturated carbocycles. The van der Waals surface area contributed by atoms with Crippen molar-refractivity contribution in [2.45, 2.75) is 50.3 Å². The van der Waals surface area contributed by atoms with E-state index in [0.717, 1.165) is 24.2 Å². The molecular formula is C17H27NOS. The van der Waals surface area contributed by atoms with Gasteiger partial charge in [-0.15, -0.1) is 0 Å². The van der Waals surface area contributed by atoms with Crippen LogP contribution in [0.1, 0.15) is 50.8 Å². The fraction of sp³-hybridized carbons (Fsp3) is 0.647. The molecule has 20 heavy (non-hydrogen) atoms. The Labute approximate surface area is 127 Å². The fourth-order valence-electron chi connectivity index (χ4n) is 2.41. The standard InChI is InChI=1S/C17H27NOS/c1-17(2,3)14-6-4-13(5-7-14)16(18)12-20-15-8-10-19-11-9-15/h4-7,15-16H,8-12,18H2,1-3H3.